The van der Waals surface area contributed by atoms with Gasteiger partial charge in [-0.1, -0.05) is 54.6 Å². The second-order valence-electron chi connectivity index (χ2n) is 11.0. The molecule has 1 aliphatic rings. The number of hydrogen-bond donors (Lipinski definition) is 3. The van der Waals surface area contributed by atoms with Crippen LogP contribution < -0.4 is 16.4 Å². The maximum Gasteiger partial charge on any atom is 0.402 e. The number of aromatic nitrogens is 1. The molecule has 1 fully saturated rings. The van der Waals surface area contributed by atoms with Crippen molar-refractivity contribution in [2.45, 2.75) is 64.7 Å². The Kier molecular flexibility index (Phi) is 8.93. The molecule has 1 aliphatic carbocycles. The molecule has 40 heavy (non-hydrogen) atoms. The van der Waals surface area contributed by atoms with Crippen LogP contribution >= 0.6 is 0 Å². The number of nitrogens with zero attached hydrogens (tertiary/aromatic N) is 1. The average Bonchev–Trinajstić information content (AvgIpc) is 2.94. The van der Waals surface area contributed by atoms with E-state index in [0.717, 1.165) is 41.8 Å². The first-order chi connectivity index (χ1) is 19.0. The van der Waals surface area contributed by atoms with Gasteiger partial charge in [-0.25, -0.2) is 0 Å². The van der Waals surface area contributed by atoms with Crippen molar-refractivity contribution >= 4 is 17.5 Å². The first-order valence-electron chi connectivity index (χ1n) is 13.5. The van der Waals surface area contributed by atoms with Crippen LogP contribution in [0.4, 0.5) is 18.9 Å². The maximum atomic E-state index is 13.2. The van der Waals surface area contributed by atoms with Crippen LogP contribution in [0.3, 0.4) is 0 Å². The molecule has 0 bridgehead atoms. The zero-order chi connectivity index (χ0) is 28.9. The van der Waals surface area contributed by atoms with Crippen molar-refractivity contribution < 1.29 is 22.8 Å². The highest BCUT2D eigenvalue weighted by molar-refractivity contribution is 5.93. The highest BCUT2D eigenvalue weighted by Gasteiger charge is 2.53. The number of hydrogen-bond acceptors (Lipinski definition) is 4. The molecule has 1 saturated carbocycles. The van der Waals surface area contributed by atoms with Gasteiger partial charge < -0.3 is 16.4 Å². The molecule has 4 N–H and O–H groups in total. The quantitative estimate of drug-likeness (QED) is 0.299. The lowest BCUT2D eigenvalue weighted by Crippen LogP contribution is -2.50. The molecule has 1 aromatic heterocycles. The van der Waals surface area contributed by atoms with Gasteiger partial charge in [0.05, 0.1) is 17.6 Å². The number of halogens is 3. The lowest BCUT2D eigenvalue weighted by atomic mass is 9.83. The second kappa shape index (κ2) is 12.2. The van der Waals surface area contributed by atoms with E-state index in [4.69, 9.17) is 5.73 Å². The maximum absolute atomic E-state index is 13.2. The number of anilines is 1. The molecule has 3 aromatic rings. The third-order valence-corrected chi connectivity index (χ3v) is 7.65. The largest absolute Gasteiger partial charge is 0.402 e. The first kappa shape index (κ1) is 29.3. The minimum absolute atomic E-state index is 0.0886. The lowest BCUT2D eigenvalue weighted by molar-refractivity contribution is -0.211. The topological polar surface area (TPSA) is 97.1 Å². The van der Waals surface area contributed by atoms with Crippen molar-refractivity contribution in [2.24, 2.45) is 17.1 Å². The Morgan fingerprint density at radius 1 is 0.950 bits per heavy atom. The number of pyridine rings is 1. The van der Waals surface area contributed by atoms with Crippen LogP contribution in [0.25, 0.3) is 22.4 Å². The summed E-state index contributed by atoms with van der Waals surface area (Å²) in [6.07, 6.45) is -0.311. The van der Waals surface area contributed by atoms with E-state index in [1.165, 1.54) is 0 Å². The van der Waals surface area contributed by atoms with Crippen LogP contribution in [0.1, 0.15) is 51.5 Å². The summed E-state index contributed by atoms with van der Waals surface area (Å²) >= 11 is 0. The Labute approximate surface area is 232 Å². The summed E-state index contributed by atoms with van der Waals surface area (Å²) in [5.74, 6) is -1.07. The Morgan fingerprint density at radius 2 is 1.60 bits per heavy atom. The highest BCUT2D eigenvalue weighted by Crippen LogP contribution is 2.38. The van der Waals surface area contributed by atoms with Crippen molar-refractivity contribution in [1.82, 2.24) is 10.3 Å². The fourth-order valence-electron chi connectivity index (χ4n) is 4.88. The summed E-state index contributed by atoms with van der Waals surface area (Å²) in [5.41, 5.74) is 8.49. The third kappa shape index (κ3) is 6.88. The van der Waals surface area contributed by atoms with Crippen LogP contribution in [0, 0.1) is 11.3 Å². The molecule has 4 rings (SSSR count). The normalized spacial score (nSPS) is 17.8. The molecule has 0 atom stereocenters. The lowest BCUT2D eigenvalue weighted by Gasteiger charge is -2.32. The van der Waals surface area contributed by atoms with Gasteiger partial charge in [-0.2, -0.15) is 13.2 Å². The van der Waals surface area contributed by atoms with Crippen molar-refractivity contribution in [2.75, 3.05) is 5.32 Å². The van der Waals surface area contributed by atoms with E-state index in [1.54, 1.807) is 6.20 Å². The van der Waals surface area contributed by atoms with Crippen LogP contribution in [-0.2, 0) is 16.1 Å². The molecule has 0 unspecified atom stereocenters. The standard InChI is InChI=1S/C31H35F3N4O2/c1-30(2,31(32,33)34)29(40)38-24-14-10-20(11-15-24)16-27(39)37-25-17-26(22-6-4-3-5-7-22)28(36-19-25)23-12-8-21(18-35)9-13-23/h3-9,12-13,17,19-20,24H,10-11,14-16,18,35H2,1-2H3,(H,37,39)(H,38,40). The van der Waals surface area contributed by atoms with Gasteiger partial charge in [-0.05, 0) is 62.6 Å². The van der Waals surface area contributed by atoms with E-state index in [9.17, 15) is 22.8 Å². The summed E-state index contributed by atoms with van der Waals surface area (Å²) in [5, 5.41) is 5.52. The molecule has 0 saturated heterocycles. The highest BCUT2D eigenvalue weighted by atomic mass is 19.4. The van der Waals surface area contributed by atoms with Gasteiger partial charge in [0.25, 0.3) is 0 Å². The predicted molar refractivity (Wildman–Crippen MR) is 150 cm³/mol. The molecule has 0 aliphatic heterocycles. The van der Waals surface area contributed by atoms with Gasteiger partial charge in [0, 0.05) is 30.1 Å². The SMILES string of the molecule is CC(C)(C(=O)NC1CCC(CC(=O)Nc2cnc(-c3ccc(CN)cc3)c(-c3ccccc3)c2)CC1)C(F)(F)F. The van der Waals surface area contributed by atoms with Crippen LogP contribution in [0.2, 0.25) is 0 Å². The first-order valence-corrected chi connectivity index (χ1v) is 13.5. The summed E-state index contributed by atoms with van der Waals surface area (Å²) in [4.78, 5) is 29.8. The van der Waals surface area contributed by atoms with Crippen molar-refractivity contribution in [3.63, 3.8) is 0 Å². The van der Waals surface area contributed by atoms with Crippen molar-refractivity contribution in [1.29, 1.82) is 0 Å². The van der Waals surface area contributed by atoms with E-state index in [2.05, 4.69) is 15.6 Å². The average molecular weight is 553 g/mol. The molecule has 2 aromatic carbocycles. The Morgan fingerprint density at radius 3 is 2.20 bits per heavy atom. The minimum atomic E-state index is -4.62. The molecule has 0 spiro atoms. The third-order valence-electron chi connectivity index (χ3n) is 7.65. The molecule has 9 heteroatoms. The summed E-state index contributed by atoms with van der Waals surface area (Å²) < 4.78 is 39.5. The molecule has 0 radical (unpaired) electrons. The van der Waals surface area contributed by atoms with E-state index < -0.39 is 17.5 Å². The van der Waals surface area contributed by atoms with E-state index in [0.29, 0.717) is 37.9 Å². The molecule has 212 valence electrons. The van der Waals surface area contributed by atoms with Gasteiger partial charge in [-0.3, -0.25) is 14.6 Å². The van der Waals surface area contributed by atoms with Crippen molar-refractivity contribution in [3.8, 4) is 22.4 Å². The number of amides is 2. The molecule has 2 amide bonds. The Balaban J connectivity index is 1.39. The number of rotatable bonds is 8. The predicted octanol–water partition coefficient (Wildman–Crippen LogP) is 6.47. The van der Waals surface area contributed by atoms with Gasteiger partial charge >= 0.3 is 6.18 Å². The van der Waals surface area contributed by atoms with Gasteiger partial charge in [0.15, 0.2) is 0 Å². The summed E-state index contributed by atoms with van der Waals surface area (Å²) in [7, 11) is 0. The number of benzene rings is 2. The van der Waals surface area contributed by atoms with Crippen LogP contribution in [-0.4, -0.2) is 29.0 Å². The molecular weight excluding hydrogens is 517 g/mol. The van der Waals surface area contributed by atoms with Crippen LogP contribution in [0.5, 0.6) is 0 Å². The Hall–Kier alpha value is -3.72. The van der Waals surface area contributed by atoms with Gasteiger partial charge in [0.2, 0.25) is 11.8 Å². The zero-order valence-electron chi connectivity index (χ0n) is 22.7. The van der Waals surface area contributed by atoms with E-state index in [-0.39, 0.29) is 24.3 Å². The minimum Gasteiger partial charge on any atom is -0.353 e. The van der Waals surface area contributed by atoms with Crippen LogP contribution in [0.15, 0.2) is 66.9 Å². The molecule has 1 heterocycles. The number of nitrogens with one attached hydrogen (secondary N) is 2. The summed E-state index contributed by atoms with van der Waals surface area (Å²) in [6, 6.07) is 19.3. The monoisotopic (exact) mass is 552 g/mol. The fraction of sp³-hybridized carbons (Fsp3) is 0.387. The molecular formula is C31H35F3N4O2. The number of carbonyl (C=O) groups is 2. The van der Waals surface area contributed by atoms with E-state index >= 15 is 0 Å². The van der Waals surface area contributed by atoms with Gasteiger partial charge in [0.1, 0.15) is 5.41 Å². The number of carbonyl (C=O) groups excluding carboxylic acids is 2. The Bertz CT molecular complexity index is 1320. The fourth-order valence-corrected chi connectivity index (χ4v) is 4.88. The summed E-state index contributed by atoms with van der Waals surface area (Å²) in [6.45, 7) is 2.23. The molecule has 6 nitrogen and oxygen atoms in total. The van der Waals surface area contributed by atoms with Gasteiger partial charge in [-0.15, -0.1) is 0 Å². The van der Waals surface area contributed by atoms with E-state index in [1.807, 2.05) is 60.7 Å². The van der Waals surface area contributed by atoms with Crippen molar-refractivity contribution in [3.05, 3.63) is 72.4 Å². The number of nitrogens with two attached hydrogens (primary N) is 1. The second-order valence-corrected chi connectivity index (χ2v) is 11.0. The smallest absolute Gasteiger partial charge is 0.353 e. The number of alkyl halides is 3. The zero-order valence-corrected chi connectivity index (χ0v) is 22.7.